The molecule has 1 saturated carbocycles. The lowest BCUT2D eigenvalue weighted by atomic mass is 9.68. The molecule has 0 bridgehead atoms. The van der Waals surface area contributed by atoms with Gasteiger partial charge in [0, 0.05) is 12.8 Å². The van der Waals surface area contributed by atoms with Gasteiger partial charge in [0.25, 0.3) is 0 Å². The lowest BCUT2D eigenvalue weighted by molar-refractivity contribution is -0.163. The zero-order valence-electron chi connectivity index (χ0n) is 20.8. The molecule has 32 heavy (non-hydrogen) atoms. The Hall–Kier alpha value is -1.43. The molecule has 186 valence electrons. The Labute approximate surface area is 194 Å². The van der Waals surface area contributed by atoms with Crippen molar-refractivity contribution >= 4 is 17.7 Å². The molecule has 0 spiro atoms. The lowest BCUT2D eigenvalue weighted by Crippen LogP contribution is -2.43. The number of ketones is 1. The molecule has 0 radical (unpaired) electrons. The van der Waals surface area contributed by atoms with Gasteiger partial charge in [0.2, 0.25) is 0 Å². The molecule has 1 fully saturated rings. The summed E-state index contributed by atoms with van der Waals surface area (Å²) in [7, 11) is 0. The maximum absolute atomic E-state index is 13.1. The predicted molar refractivity (Wildman–Crippen MR) is 125 cm³/mol. The van der Waals surface area contributed by atoms with E-state index >= 15 is 0 Å². The molecular weight excluding hydrogens is 408 g/mol. The predicted octanol–water partition coefficient (Wildman–Crippen LogP) is 5.39. The van der Waals surface area contributed by atoms with Crippen LogP contribution in [0.25, 0.3) is 0 Å². The number of rotatable bonds is 17. The molecule has 6 heteroatoms. The molecule has 4 atom stereocenters. The first-order chi connectivity index (χ1) is 15.3. The van der Waals surface area contributed by atoms with Crippen LogP contribution in [0.3, 0.4) is 0 Å². The van der Waals surface area contributed by atoms with Crippen molar-refractivity contribution in [3.05, 3.63) is 0 Å². The number of Topliss-reactive ketones (excluding diaryl/α,β-unsaturated/α-hetero) is 1. The summed E-state index contributed by atoms with van der Waals surface area (Å²) < 4.78 is 10.4. The van der Waals surface area contributed by atoms with E-state index < -0.39 is 5.41 Å². The third-order valence-corrected chi connectivity index (χ3v) is 6.85. The number of hydrogen-bond acceptors (Lipinski definition) is 6. The summed E-state index contributed by atoms with van der Waals surface area (Å²) in [5, 5.41) is 10.4. The van der Waals surface area contributed by atoms with Gasteiger partial charge in [-0.05, 0) is 64.2 Å². The second-order valence-corrected chi connectivity index (χ2v) is 9.44. The van der Waals surface area contributed by atoms with Crippen molar-refractivity contribution in [3.8, 4) is 0 Å². The second-order valence-electron chi connectivity index (χ2n) is 9.44. The van der Waals surface area contributed by atoms with Crippen LogP contribution in [0.1, 0.15) is 111 Å². The van der Waals surface area contributed by atoms with Crippen LogP contribution in [-0.2, 0) is 23.9 Å². The fourth-order valence-corrected chi connectivity index (χ4v) is 5.11. The highest BCUT2D eigenvalue weighted by Gasteiger charge is 2.56. The maximum atomic E-state index is 13.1. The van der Waals surface area contributed by atoms with Crippen LogP contribution in [-0.4, -0.2) is 42.1 Å². The maximum Gasteiger partial charge on any atom is 0.319 e. The van der Waals surface area contributed by atoms with Crippen molar-refractivity contribution in [3.63, 3.8) is 0 Å². The summed E-state index contributed by atoms with van der Waals surface area (Å²) in [6, 6.07) is 0. The van der Waals surface area contributed by atoms with Gasteiger partial charge in [-0.15, -0.1) is 0 Å². The second kappa shape index (κ2) is 15.4. The van der Waals surface area contributed by atoms with Gasteiger partial charge in [0.05, 0.1) is 19.3 Å². The standard InChI is InChI=1S/C26H46O6/c1-5-8-9-13-22(27)17-15-21-16-18-23(28)26(21,25(30)32-7-3)19-20(4)12-10-11-14-24(29)31-6-2/h20-22,27H,5-19H2,1-4H3. The van der Waals surface area contributed by atoms with Crippen LogP contribution in [0.5, 0.6) is 0 Å². The fraction of sp³-hybridized carbons (Fsp3) is 0.885. The van der Waals surface area contributed by atoms with Crippen molar-refractivity contribution in [1.82, 2.24) is 0 Å². The minimum Gasteiger partial charge on any atom is -0.466 e. The van der Waals surface area contributed by atoms with Gasteiger partial charge in [-0.1, -0.05) is 46.0 Å². The van der Waals surface area contributed by atoms with Gasteiger partial charge in [0.1, 0.15) is 11.2 Å². The molecule has 0 heterocycles. The van der Waals surface area contributed by atoms with Gasteiger partial charge >= 0.3 is 11.9 Å². The minimum atomic E-state index is -1.08. The van der Waals surface area contributed by atoms with E-state index in [1.807, 2.05) is 0 Å². The van der Waals surface area contributed by atoms with E-state index in [4.69, 9.17) is 9.47 Å². The molecule has 0 amide bonds. The molecule has 0 aliphatic heterocycles. The molecule has 0 aromatic rings. The van der Waals surface area contributed by atoms with E-state index in [0.29, 0.717) is 45.1 Å². The molecule has 1 aliphatic rings. The summed E-state index contributed by atoms with van der Waals surface area (Å²) in [6.07, 6.45) is 9.37. The van der Waals surface area contributed by atoms with E-state index in [-0.39, 0.29) is 42.3 Å². The lowest BCUT2D eigenvalue weighted by Gasteiger charge is -2.34. The van der Waals surface area contributed by atoms with E-state index in [1.54, 1.807) is 13.8 Å². The van der Waals surface area contributed by atoms with Crippen LogP contribution in [0.4, 0.5) is 0 Å². The normalized spacial score (nSPS) is 22.5. The van der Waals surface area contributed by atoms with Crippen molar-refractivity contribution < 1.29 is 29.0 Å². The van der Waals surface area contributed by atoms with Crippen LogP contribution >= 0.6 is 0 Å². The summed E-state index contributed by atoms with van der Waals surface area (Å²) >= 11 is 0. The Kier molecular flexibility index (Phi) is 13.8. The third-order valence-electron chi connectivity index (χ3n) is 6.85. The highest BCUT2D eigenvalue weighted by Crippen LogP contribution is 2.49. The first-order valence-corrected chi connectivity index (χ1v) is 12.9. The van der Waals surface area contributed by atoms with Crippen molar-refractivity contribution in [2.45, 2.75) is 117 Å². The van der Waals surface area contributed by atoms with Crippen LogP contribution in [0.2, 0.25) is 0 Å². The molecule has 1 rings (SSSR count). The van der Waals surface area contributed by atoms with E-state index in [9.17, 15) is 19.5 Å². The Morgan fingerprint density at radius 3 is 2.38 bits per heavy atom. The number of esters is 2. The summed E-state index contributed by atoms with van der Waals surface area (Å²) in [4.78, 5) is 37.7. The number of ether oxygens (including phenoxy) is 2. The van der Waals surface area contributed by atoms with E-state index in [1.165, 1.54) is 0 Å². The summed E-state index contributed by atoms with van der Waals surface area (Å²) in [5.41, 5.74) is -1.08. The fourth-order valence-electron chi connectivity index (χ4n) is 5.11. The first-order valence-electron chi connectivity index (χ1n) is 12.9. The number of aliphatic hydroxyl groups excluding tert-OH is 1. The third kappa shape index (κ3) is 8.84. The number of unbranched alkanes of at least 4 members (excludes halogenated alkanes) is 3. The van der Waals surface area contributed by atoms with Gasteiger partial charge < -0.3 is 14.6 Å². The van der Waals surface area contributed by atoms with Gasteiger partial charge in [0.15, 0.2) is 0 Å². The number of hydrogen-bond donors (Lipinski definition) is 1. The Bertz CT molecular complexity index is 575. The first kappa shape index (κ1) is 28.6. The Morgan fingerprint density at radius 1 is 1.03 bits per heavy atom. The number of carbonyl (C=O) groups is 3. The smallest absolute Gasteiger partial charge is 0.319 e. The SMILES string of the molecule is CCCCCC(O)CCC1CCC(=O)C1(CC(C)CCCCC(=O)OCC)C(=O)OCC. The number of aliphatic hydroxyl groups is 1. The monoisotopic (exact) mass is 454 g/mol. The van der Waals surface area contributed by atoms with E-state index in [2.05, 4.69) is 13.8 Å². The van der Waals surface area contributed by atoms with E-state index in [0.717, 1.165) is 44.9 Å². The van der Waals surface area contributed by atoms with Crippen LogP contribution in [0.15, 0.2) is 0 Å². The van der Waals surface area contributed by atoms with Gasteiger partial charge in [-0.3, -0.25) is 14.4 Å². The highest BCUT2D eigenvalue weighted by molar-refractivity contribution is 6.05. The zero-order valence-corrected chi connectivity index (χ0v) is 20.8. The largest absolute Gasteiger partial charge is 0.466 e. The van der Waals surface area contributed by atoms with Crippen molar-refractivity contribution in [2.24, 2.45) is 17.3 Å². The van der Waals surface area contributed by atoms with Crippen LogP contribution in [0, 0.1) is 17.3 Å². The van der Waals surface area contributed by atoms with Gasteiger partial charge in [-0.2, -0.15) is 0 Å². The molecule has 0 aromatic heterocycles. The molecule has 0 saturated heterocycles. The molecular formula is C26H46O6. The summed E-state index contributed by atoms with van der Waals surface area (Å²) in [6.45, 7) is 8.45. The average molecular weight is 455 g/mol. The number of carbonyl (C=O) groups excluding carboxylic acids is 3. The Balaban J connectivity index is 2.75. The Morgan fingerprint density at radius 2 is 1.72 bits per heavy atom. The van der Waals surface area contributed by atoms with Crippen LogP contribution < -0.4 is 0 Å². The minimum absolute atomic E-state index is 0.000189. The topological polar surface area (TPSA) is 89.9 Å². The highest BCUT2D eigenvalue weighted by atomic mass is 16.5. The van der Waals surface area contributed by atoms with Gasteiger partial charge in [-0.25, -0.2) is 0 Å². The molecule has 6 nitrogen and oxygen atoms in total. The molecule has 1 N–H and O–H groups in total. The molecule has 4 unspecified atom stereocenters. The summed E-state index contributed by atoms with van der Waals surface area (Å²) in [5.74, 6) is -0.463. The average Bonchev–Trinajstić information content (AvgIpc) is 3.06. The zero-order chi connectivity index (χ0) is 24.0. The van der Waals surface area contributed by atoms with Crippen molar-refractivity contribution in [1.29, 1.82) is 0 Å². The van der Waals surface area contributed by atoms with Crippen molar-refractivity contribution in [2.75, 3.05) is 13.2 Å². The molecule has 0 aromatic carbocycles. The quantitative estimate of drug-likeness (QED) is 0.180. The molecule has 1 aliphatic carbocycles.